The summed E-state index contributed by atoms with van der Waals surface area (Å²) in [4.78, 5) is 35.3. The van der Waals surface area contributed by atoms with E-state index in [2.05, 4.69) is 5.09 Å². The molecule has 2 aromatic rings. The number of aromatic nitrogens is 2. The largest absolute Gasteiger partial charge is 0.461 e. The fourth-order valence-electron chi connectivity index (χ4n) is 3.58. The Labute approximate surface area is 235 Å². The van der Waals surface area contributed by atoms with E-state index in [-0.39, 0.29) is 11.9 Å². The van der Waals surface area contributed by atoms with Crippen molar-refractivity contribution < 1.29 is 42.1 Å². The van der Waals surface area contributed by atoms with Gasteiger partial charge < -0.3 is 19.5 Å². The molecule has 0 spiro atoms. The van der Waals surface area contributed by atoms with Crippen LogP contribution in [0.4, 0.5) is 8.78 Å². The molecule has 1 saturated carbocycles. The molecule has 0 amide bonds. The number of esters is 1. The summed E-state index contributed by atoms with van der Waals surface area (Å²) in [7, 11) is -4.35. The van der Waals surface area contributed by atoms with Gasteiger partial charge in [0.25, 0.3) is 11.4 Å². The van der Waals surface area contributed by atoms with Gasteiger partial charge in [0.15, 0.2) is 6.80 Å². The summed E-state index contributed by atoms with van der Waals surface area (Å²) in [6.45, 7) is 0.867. The van der Waals surface area contributed by atoms with E-state index in [1.807, 2.05) is 4.98 Å². The van der Waals surface area contributed by atoms with Crippen molar-refractivity contribution in [3.05, 3.63) is 75.6 Å². The third-order valence-electron chi connectivity index (χ3n) is 5.80. The van der Waals surface area contributed by atoms with Crippen molar-refractivity contribution >= 4 is 13.7 Å². The standard InChI is InChI=1S/C21H31FNO7P.C5H5FN2O2/c1-3-10-19(24)21(22,26)15-28-31(27,30-18-13-8-5-9-14-18)23-16(2)20(25)29-17-11-6-4-7-12-17;6-3-8-2-1-4(9)7-5(8)10/h3,5,8-10,13-14,16-17,19,24,26H,4,6-7,11-12,15H2,1-2H3,(H,23,27);1-2H,3H2,(H,7,9,10)/t16?,19-,21+,31?;/m0./s1. The summed E-state index contributed by atoms with van der Waals surface area (Å²) in [5.74, 6) is -3.73. The van der Waals surface area contributed by atoms with Crippen LogP contribution in [0.1, 0.15) is 46.0 Å². The van der Waals surface area contributed by atoms with Crippen molar-refractivity contribution in [2.45, 2.75) is 76.9 Å². The lowest BCUT2D eigenvalue weighted by atomic mass is 9.98. The van der Waals surface area contributed by atoms with Gasteiger partial charge in [0.1, 0.15) is 30.6 Å². The van der Waals surface area contributed by atoms with Crippen molar-refractivity contribution in [2.24, 2.45) is 0 Å². The van der Waals surface area contributed by atoms with Gasteiger partial charge >= 0.3 is 19.4 Å². The number of nitrogens with one attached hydrogen (secondary N) is 2. The van der Waals surface area contributed by atoms with Crippen LogP contribution in [0.2, 0.25) is 0 Å². The second-order valence-corrected chi connectivity index (χ2v) is 10.9. The number of nitrogens with zero attached hydrogens (tertiary/aromatic N) is 1. The number of halogens is 2. The van der Waals surface area contributed by atoms with Gasteiger partial charge in [-0.25, -0.2) is 18.1 Å². The first kappa shape index (κ1) is 34.0. The van der Waals surface area contributed by atoms with Crippen molar-refractivity contribution in [1.82, 2.24) is 14.6 Å². The van der Waals surface area contributed by atoms with Crippen LogP contribution < -0.4 is 20.9 Å². The molecule has 0 saturated heterocycles. The van der Waals surface area contributed by atoms with Gasteiger partial charge in [0, 0.05) is 12.3 Å². The summed E-state index contributed by atoms with van der Waals surface area (Å²) < 4.78 is 56.1. The molecule has 12 nitrogen and oxygen atoms in total. The number of allylic oxidation sites excluding steroid dienone is 1. The maximum absolute atomic E-state index is 14.4. The smallest absolute Gasteiger partial charge is 0.459 e. The molecule has 4 N–H and O–H groups in total. The number of aliphatic hydroxyl groups excluding tert-OH is 1. The molecule has 2 unspecified atom stereocenters. The average Bonchev–Trinajstić information content (AvgIpc) is 2.93. The molecule has 1 heterocycles. The quantitative estimate of drug-likeness (QED) is 0.161. The SMILES string of the molecule is CC=C[C@H](O)[C@@](O)(F)COP(=O)(NC(C)C(=O)OC1CCCCC1)Oc1ccccc1.O=c1ccn(CF)c(=O)[nH]1. The lowest BCUT2D eigenvalue weighted by molar-refractivity contribution is -0.173. The lowest BCUT2D eigenvalue weighted by Crippen LogP contribution is -2.42. The summed E-state index contributed by atoms with van der Waals surface area (Å²) in [6.07, 6.45) is 5.94. The zero-order valence-electron chi connectivity index (χ0n) is 22.8. The van der Waals surface area contributed by atoms with E-state index in [4.69, 9.17) is 13.8 Å². The summed E-state index contributed by atoms with van der Waals surface area (Å²) in [5, 5.41) is 21.9. The summed E-state index contributed by atoms with van der Waals surface area (Å²) in [6, 6.07) is 7.96. The number of benzene rings is 1. The maximum atomic E-state index is 14.4. The van der Waals surface area contributed by atoms with E-state index in [1.165, 1.54) is 32.1 Å². The molecule has 0 bridgehead atoms. The van der Waals surface area contributed by atoms with Gasteiger partial charge in [0.05, 0.1) is 0 Å². The van der Waals surface area contributed by atoms with Crippen molar-refractivity contribution in [3.8, 4) is 5.75 Å². The number of ether oxygens (including phenoxy) is 1. The predicted molar refractivity (Wildman–Crippen MR) is 146 cm³/mol. The van der Waals surface area contributed by atoms with Gasteiger partial charge in [-0.15, -0.1) is 0 Å². The van der Waals surface area contributed by atoms with Gasteiger partial charge in [-0.05, 0) is 51.7 Å². The molecule has 1 aromatic carbocycles. The normalized spacial score (nSPS) is 18.3. The first-order valence-electron chi connectivity index (χ1n) is 12.9. The molecule has 1 aliphatic rings. The Morgan fingerprint density at radius 2 is 1.90 bits per heavy atom. The number of aromatic amines is 1. The summed E-state index contributed by atoms with van der Waals surface area (Å²) >= 11 is 0. The van der Waals surface area contributed by atoms with E-state index in [0.29, 0.717) is 0 Å². The van der Waals surface area contributed by atoms with Gasteiger partial charge in [-0.2, -0.15) is 5.09 Å². The second-order valence-electron chi connectivity index (χ2n) is 9.21. The van der Waals surface area contributed by atoms with Crippen LogP contribution in [0.25, 0.3) is 0 Å². The first-order chi connectivity index (χ1) is 19.4. The first-order valence-corrected chi connectivity index (χ1v) is 14.5. The van der Waals surface area contributed by atoms with Crippen LogP contribution in [0.5, 0.6) is 5.75 Å². The zero-order valence-corrected chi connectivity index (χ0v) is 23.7. The maximum Gasteiger partial charge on any atom is 0.459 e. The highest BCUT2D eigenvalue weighted by Crippen LogP contribution is 2.46. The second kappa shape index (κ2) is 16.3. The number of alkyl halides is 2. The van der Waals surface area contributed by atoms with Crippen molar-refractivity contribution in [2.75, 3.05) is 6.61 Å². The average molecular weight is 604 g/mol. The highest BCUT2D eigenvalue weighted by atomic mass is 31.2. The minimum absolute atomic E-state index is 0.141. The third-order valence-corrected chi connectivity index (χ3v) is 7.42. The molecule has 0 radical (unpaired) electrons. The van der Waals surface area contributed by atoms with Gasteiger partial charge in [-0.3, -0.25) is 23.7 Å². The predicted octanol–water partition coefficient (Wildman–Crippen LogP) is 3.10. The Kier molecular flexibility index (Phi) is 13.6. The fourth-order valence-corrected chi connectivity index (χ4v) is 5.09. The van der Waals surface area contributed by atoms with Gasteiger partial charge in [0.2, 0.25) is 0 Å². The van der Waals surface area contributed by atoms with E-state index >= 15 is 0 Å². The van der Waals surface area contributed by atoms with Crippen LogP contribution in [-0.2, 0) is 25.4 Å². The number of hydrogen-bond donors (Lipinski definition) is 4. The lowest BCUT2D eigenvalue weighted by Gasteiger charge is -2.28. The highest BCUT2D eigenvalue weighted by molar-refractivity contribution is 7.52. The monoisotopic (exact) mass is 603 g/mol. The van der Waals surface area contributed by atoms with Crippen LogP contribution >= 0.6 is 7.75 Å². The van der Waals surface area contributed by atoms with E-state index in [0.717, 1.165) is 55.0 Å². The van der Waals surface area contributed by atoms with Gasteiger partial charge in [-0.1, -0.05) is 36.8 Å². The van der Waals surface area contributed by atoms with Crippen LogP contribution in [-0.4, -0.2) is 56.4 Å². The Balaban J connectivity index is 0.000000493. The Bertz CT molecular complexity index is 1280. The minimum atomic E-state index is -4.35. The highest BCUT2D eigenvalue weighted by Gasteiger charge is 2.40. The molecule has 1 aliphatic carbocycles. The van der Waals surface area contributed by atoms with E-state index in [1.54, 1.807) is 18.2 Å². The molecule has 4 atom stereocenters. The number of carbonyl (C=O) groups excluding carboxylic acids is 1. The Morgan fingerprint density at radius 1 is 1.24 bits per heavy atom. The number of rotatable bonds is 12. The van der Waals surface area contributed by atoms with Crippen molar-refractivity contribution in [3.63, 3.8) is 0 Å². The molecule has 228 valence electrons. The van der Waals surface area contributed by atoms with Crippen molar-refractivity contribution in [1.29, 1.82) is 0 Å². The number of aliphatic hydroxyl groups is 2. The Morgan fingerprint density at radius 3 is 2.49 bits per heavy atom. The Hall–Kier alpha value is -3.16. The number of H-pyrrole nitrogens is 1. The van der Waals surface area contributed by atoms with Crippen LogP contribution in [0.15, 0.2) is 64.3 Å². The molecule has 15 heteroatoms. The topological polar surface area (TPSA) is 169 Å². The molecular weight excluding hydrogens is 567 g/mol. The molecule has 1 fully saturated rings. The number of carbonyl (C=O) groups is 1. The summed E-state index contributed by atoms with van der Waals surface area (Å²) in [5.41, 5.74) is -1.25. The fraction of sp³-hybridized carbons (Fsp3) is 0.500. The molecule has 3 rings (SSSR count). The van der Waals surface area contributed by atoms with Crippen LogP contribution in [0.3, 0.4) is 0 Å². The third kappa shape index (κ3) is 11.7. The van der Waals surface area contributed by atoms with E-state index in [9.17, 15) is 37.9 Å². The molecule has 0 aliphatic heterocycles. The molecular formula is C26H36F2N3O9P. The number of para-hydroxylation sites is 1. The zero-order chi connectivity index (χ0) is 30.5. The number of hydrogen-bond acceptors (Lipinski definition) is 9. The molecule has 1 aromatic heterocycles. The molecule has 41 heavy (non-hydrogen) atoms. The van der Waals surface area contributed by atoms with E-state index < -0.39 is 56.4 Å². The minimum Gasteiger partial charge on any atom is -0.461 e. The van der Waals surface area contributed by atoms with Crippen LogP contribution in [0, 0.1) is 0 Å².